The minimum Gasteiger partial charge on any atom is -0.481 e. The van der Waals surface area contributed by atoms with Gasteiger partial charge in [0.1, 0.15) is 30.2 Å². The molecule has 17 nitrogen and oxygen atoms in total. The molecule has 0 aromatic carbocycles. The standard InChI is InChI=1S/C31H53N7O10S2/c1-16(2)24(36-26(42)18(32)9-12-49-5)30(46)34-19(10-13-50-6)27(43)33-15-22(39)38-11-7-8-21(38)29(45)35-20(14-23(40)41)28(44)37-25(17(3)4)31(47)48/h16-21,24-25H,7-15,32H2,1-6H3,(H,33,43)(H,34,46)(H,35,45)(H,36,42)(H,37,44)(H,40,41)(H,47,48)/t18-,19-,20-,21-,24-,25-/m0/s1. The minimum absolute atomic E-state index is 0.151. The molecule has 0 aromatic heterocycles. The number of amides is 6. The summed E-state index contributed by atoms with van der Waals surface area (Å²) in [6.45, 7) is 6.22. The second kappa shape index (κ2) is 22.3. The Hall–Kier alpha value is -3.58. The van der Waals surface area contributed by atoms with Crippen LogP contribution in [0.15, 0.2) is 0 Å². The maximum Gasteiger partial charge on any atom is 0.326 e. The van der Waals surface area contributed by atoms with Gasteiger partial charge in [-0.3, -0.25) is 33.6 Å². The summed E-state index contributed by atoms with van der Waals surface area (Å²) in [6.07, 6.45) is 4.15. The summed E-state index contributed by atoms with van der Waals surface area (Å²) in [5.41, 5.74) is 5.96. The number of aliphatic carboxylic acids is 2. The topological polar surface area (TPSA) is 266 Å². The normalized spacial score (nSPS) is 17.2. The Morgan fingerprint density at radius 3 is 1.88 bits per heavy atom. The Morgan fingerprint density at radius 1 is 0.760 bits per heavy atom. The molecule has 0 aliphatic carbocycles. The van der Waals surface area contributed by atoms with Crippen molar-refractivity contribution in [1.82, 2.24) is 31.5 Å². The van der Waals surface area contributed by atoms with Crippen molar-refractivity contribution in [3.8, 4) is 0 Å². The predicted molar refractivity (Wildman–Crippen MR) is 189 cm³/mol. The first-order valence-corrected chi connectivity index (χ1v) is 19.2. The van der Waals surface area contributed by atoms with Gasteiger partial charge < -0.3 is 47.4 Å². The van der Waals surface area contributed by atoms with Crippen LogP contribution in [0.2, 0.25) is 0 Å². The van der Waals surface area contributed by atoms with Gasteiger partial charge in [0, 0.05) is 6.54 Å². The third-order valence-corrected chi connectivity index (χ3v) is 9.28. The first-order valence-electron chi connectivity index (χ1n) is 16.4. The molecule has 0 spiro atoms. The lowest BCUT2D eigenvalue weighted by atomic mass is 10.0. The molecule has 1 saturated heterocycles. The van der Waals surface area contributed by atoms with Crippen molar-refractivity contribution in [3.05, 3.63) is 0 Å². The zero-order valence-electron chi connectivity index (χ0n) is 29.5. The number of carboxylic acid groups (broad SMARTS) is 2. The molecule has 0 bridgehead atoms. The summed E-state index contributed by atoms with van der Waals surface area (Å²) in [7, 11) is 0. The predicted octanol–water partition coefficient (Wildman–Crippen LogP) is -1.26. The van der Waals surface area contributed by atoms with Crippen molar-refractivity contribution in [2.24, 2.45) is 17.6 Å². The van der Waals surface area contributed by atoms with Crippen LogP contribution in [-0.4, -0.2) is 136 Å². The minimum atomic E-state index is -1.61. The Kier molecular flexibility index (Phi) is 19.8. The lowest BCUT2D eigenvalue weighted by Crippen LogP contribution is -2.58. The third-order valence-electron chi connectivity index (χ3n) is 7.99. The molecule has 1 fully saturated rings. The number of nitrogens with two attached hydrogens (primary N) is 1. The highest BCUT2D eigenvalue weighted by atomic mass is 32.2. The van der Waals surface area contributed by atoms with E-state index in [9.17, 15) is 48.6 Å². The maximum atomic E-state index is 13.3. The molecule has 284 valence electrons. The summed E-state index contributed by atoms with van der Waals surface area (Å²) in [6, 6.07) is -6.82. The fourth-order valence-electron chi connectivity index (χ4n) is 5.08. The van der Waals surface area contributed by atoms with Gasteiger partial charge >= 0.3 is 11.9 Å². The van der Waals surface area contributed by atoms with E-state index in [1.165, 1.54) is 28.4 Å². The van der Waals surface area contributed by atoms with Gasteiger partial charge in [-0.2, -0.15) is 23.5 Å². The number of carbonyl (C=O) groups is 8. The van der Waals surface area contributed by atoms with Crippen molar-refractivity contribution in [1.29, 1.82) is 0 Å². The number of hydrogen-bond donors (Lipinski definition) is 8. The second-order valence-electron chi connectivity index (χ2n) is 12.7. The lowest BCUT2D eigenvalue weighted by Gasteiger charge is -2.28. The van der Waals surface area contributed by atoms with Gasteiger partial charge in [0.25, 0.3) is 0 Å². The monoisotopic (exact) mass is 747 g/mol. The fraction of sp³-hybridized carbons (Fsp3) is 0.742. The average molecular weight is 748 g/mol. The van der Waals surface area contributed by atoms with Crippen molar-refractivity contribution >= 4 is 70.9 Å². The molecule has 1 heterocycles. The second-order valence-corrected chi connectivity index (χ2v) is 14.6. The van der Waals surface area contributed by atoms with Crippen LogP contribution in [0.5, 0.6) is 0 Å². The van der Waals surface area contributed by atoms with Gasteiger partial charge in [0.15, 0.2) is 0 Å². The van der Waals surface area contributed by atoms with Crippen LogP contribution in [-0.2, 0) is 38.4 Å². The molecule has 9 N–H and O–H groups in total. The van der Waals surface area contributed by atoms with Crippen LogP contribution in [0.3, 0.4) is 0 Å². The van der Waals surface area contributed by atoms with Crippen molar-refractivity contribution < 1.29 is 48.6 Å². The summed E-state index contributed by atoms with van der Waals surface area (Å²) in [5.74, 6) is -6.58. The molecule has 1 aliphatic heterocycles. The number of carbonyl (C=O) groups excluding carboxylic acids is 6. The lowest BCUT2D eigenvalue weighted by molar-refractivity contribution is -0.145. The SMILES string of the molecule is CSCC[C@H](NC(=O)[C@@H](NC(=O)[C@@H](N)CCSC)C(C)C)C(=O)NCC(=O)N1CCC[C@H]1C(=O)N[C@@H](CC(=O)O)C(=O)N[C@H](C(=O)O)C(C)C. The molecule has 6 atom stereocenters. The molecule has 1 aliphatic rings. The van der Waals surface area contributed by atoms with Gasteiger partial charge in [-0.1, -0.05) is 27.7 Å². The van der Waals surface area contributed by atoms with E-state index in [1.807, 2.05) is 12.5 Å². The molecule has 0 radical (unpaired) electrons. The summed E-state index contributed by atoms with van der Waals surface area (Å²) in [5, 5.41) is 31.2. The van der Waals surface area contributed by atoms with Gasteiger partial charge in [0.05, 0.1) is 19.0 Å². The van der Waals surface area contributed by atoms with Gasteiger partial charge in [-0.15, -0.1) is 0 Å². The van der Waals surface area contributed by atoms with Crippen LogP contribution in [0, 0.1) is 11.8 Å². The number of nitrogens with one attached hydrogen (secondary N) is 5. The van der Waals surface area contributed by atoms with E-state index in [1.54, 1.807) is 27.7 Å². The number of rotatable bonds is 22. The van der Waals surface area contributed by atoms with E-state index in [0.717, 1.165) is 0 Å². The van der Waals surface area contributed by atoms with E-state index < -0.39 is 103 Å². The Bertz CT molecular complexity index is 1220. The van der Waals surface area contributed by atoms with E-state index >= 15 is 0 Å². The molecule has 19 heteroatoms. The van der Waals surface area contributed by atoms with Crippen LogP contribution < -0.4 is 32.3 Å². The number of carboxylic acids is 2. The zero-order chi connectivity index (χ0) is 38.1. The van der Waals surface area contributed by atoms with E-state index in [0.29, 0.717) is 24.3 Å². The Morgan fingerprint density at radius 2 is 1.34 bits per heavy atom. The molecular weight excluding hydrogens is 695 g/mol. The quantitative estimate of drug-likeness (QED) is 0.0644. The highest BCUT2D eigenvalue weighted by molar-refractivity contribution is 7.98. The number of thioether (sulfide) groups is 2. The number of hydrogen-bond acceptors (Lipinski definition) is 11. The molecule has 50 heavy (non-hydrogen) atoms. The van der Waals surface area contributed by atoms with Gasteiger partial charge in [-0.05, 0) is 61.5 Å². The zero-order valence-corrected chi connectivity index (χ0v) is 31.1. The Balaban J connectivity index is 2.96. The van der Waals surface area contributed by atoms with Crippen molar-refractivity contribution in [2.75, 3.05) is 37.1 Å². The van der Waals surface area contributed by atoms with Crippen LogP contribution in [0.25, 0.3) is 0 Å². The fourth-order valence-corrected chi connectivity index (χ4v) is 6.04. The van der Waals surface area contributed by atoms with Gasteiger partial charge in [-0.25, -0.2) is 4.79 Å². The maximum absolute atomic E-state index is 13.3. The summed E-state index contributed by atoms with van der Waals surface area (Å²) < 4.78 is 0. The smallest absolute Gasteiger partial charge is 0.326 e. The Labute approximate surface area is 301 Å². The highest BCUT2D eigenvalue weighted by Crippen LogP contribution is 2.18. The van der Waals surface area contributed by atoms with E-state index in [-0.39, 0.29) is 25.3 Å². The first kappa shape index (κ1) is 44.4. The van der Waals surface area contributed by atoms with E-state index in [4.69, 9.17) is 5.73 Å². The van der Waals surface area contributed by atoms with Crippen molar-refractivity contribution in [2.45, 2.75) is 96.1 Å². The first-order chi connectivity index (χ1) is 23.4. The van der Waals surface area contributed by atoms with Crippen LogP contribution >= 0.6 is 23.5 Å². The highest BCUT2D eigenvalue weighted by Gasteiger charge is 2.38. The molecule has 1 rings (SSSR count). The number of nitrogens with zero attached hydrogens (tertiary/aromatic N) is 1. The largest absolute Gasteiger partial charge is 0.481 e. The molecular formula is C31H53N7O10S2. The molecule has 6 amide bonds. The van der Waals surface area contributed by atoms with Crippen LogP contribution in [0.1, 0.15) is 59.8 Å². The number of likely N-dealkylation sites (tertiary alicyclic amines) is 1. The van der Waals surface area contributed by atoms with Crippen molar-refractivity contribution in [3.63, 3.8) is 0 Å². The molecule has 0 aromatic rings. The van der Waals surface area contributed by atoms with Gasteiger partial charge in [0.2, 0.25) is 35.4 Å². The van der Waals surface area contributed by atoms with E-state index in [2.05, 4.69) is 26.6 Å². The average Bonchev–Trinajstić information content (AvgIpc) is 3.54. The molecule has 0 unspecified atom stereocenters. The third kappa shape index (κ3) is 14.7. The summed E-state index contributed by atoms with van der Waals surface area (Å²) >= 11 is 2.98. The van der Waals surface area contributed by atoms with Crippen LogP contribution in [0.4, 0.5) is 0 Å². The molecule has 0 saturated carbocycles. The summed E-state index contributed by atoms with van der Waals surface area (Å²) in [4.78, 5) is 103.